The van der Waals surface area contributed by atoms with Crippen LogP contribution in [0.5, 0.6) is 0 Å². The second kappa shape index (κ2) is 7.76. The molecule has 1 aromatic carbocycles. The summed E-state index contributed by atoms with van der Waals surface area (Å²) < 4.78 is 24.6. The van der Waals surface area contributed by atoms with E-state index in [1.807, 2.05) is 30.3 Å². The van der Waals surface area contributed by atoms with Crippen molar-refractivity contribution in [3.8, 4) is 0 Å². The number of carbonyl (C=O) groups is 2. The highest BCUT2D eigenvalue weighted by atomic mass is 32.2. The highest BCUT2D eigenvalue weighted by molar-refractivity contribution is 7.88. The summed E-state index contributed by atoms with van der Waals surface area (Å²) in [4.78, 5) is 24.1. The van der Waals surface area contributed by atoms with Crippen molar-refractivity contribution < 1.29 is 18.0 Å². The van der Waals surface area contributed by atoms with E-state index in [1.165, 1.54) is 4.31 Å². The first kappa shape index (κ1) is 18.4. The first-order valence-corrected chi connectivity index (χ1v) is 9.71. The van der Waals surface area contributed by atoms with Gasteiger partial charge in [0.25, 0.3) is 0 Å². The van der Waals surface area contributed by atoms with Gasteiger partial charge in [-0.3, -0.25) is 9.59 Å². The average Bonchev–Trinajstić information content (AvgIpc) is 2.54. The zero-order valence-electron chi connectivity index (χ0n) is 13.6. The van der Waals surface area contributed by atoms with Crippen LogP contribution in [-0.2, 0) is 26.0 Å². The highest BCUT2D eigenvalue weighted by Crippen LogP contribution is 2.19. The number of benzene rings is 1. The Morgan fingerprint density at radius 3 is 2.58 bits per heavy atom. The van der Waals surface area contributed by atoms with Crippen molar-refractivity contribution in [3.05, 3.63) is 35.9 Å². The summed E-state index contributed by atoms with van der Waals surface area (Å²) in [6.45, 7) is 0.563. The molecule has 24 heavy (non-hydrogen) atoms. The van der Waals surface area contributed by atoms with Crippen molar-refractivity contribution in [2.75, 3.05) is 19.3 Å². The molecule has 1 aliphatic heterocycles. The molecule has 0 bridgehead atoms. The lowest BCUT2D eigenvalue weighted by molar-refractivity contribution is -0.130. The van der Waals surface area contributed by atoms with E-state index in [4.69, 9.17) is 5.73 Å². The van der Waals surface area contributed by atoms with Crippen LogP contribution >= 0.6 is 0 Å². The molecule has 2 atom stereocenters. The summed E-state index contributed by atoms with van der Waals surface area (Å²) in [5.74, 6) is -1.41. The van der Waals surface area contributed by atoms with Gasteiger partial charge in [-0.1, -0.05) is 30.3 Å². The Bertz CT molecular complexity index is 691. The molecule has 0 radical (unpaired) electrons. The summed E-state index contributed by atoms with van der Waals surface area (Å²) in [6.07, 6.45) is 2.65. The minimum atomic E-state index is -3.32. The Morgan fingerprint density at radius 2 is 2.00 bits per heavy atom. The number of amides is 2. The van der Waals surface area contributed by atoms with Crippen molar-refractivity contribution in [3.63, 3.8) is 0 Å². The summed E-state index contributed by atoms with van der Waals surface area (Å²) in [5.41, 5.74) is 6.29. The fourth-order valence-corrected chi connectivity index (χ4v) is 3.73. The Morgan fingerprint density at radius 1 is 1.33 bits per heavy atom. The maximum Gasteiger partial charge on any atom is 0.240 e. The first-order valence-electron chi connectivity index (χ1n) is 7.86. The number of hydrogen-bond donors (Lipinski definition) is 2. The fraction of sp³-hybridized carbons (Fsp3) is 0.500. The van der Waals surface area contributed by atoms with Gasteiger partial charge in [-0.2, -0.15) is 0 Å². The van der Waals surface area contributed by atoms with Gasteiger partial charge in [0.1, 0.15) is 6.04 Å². The Hall–Kier alpha value is -1.93. The van der Waals surface area contributed by atoms with E-state index in [9.17, 15) is 18.0 Å². The van der Waals surface area contributed by atoms with Crippen molar-refractivity contribution in [2.45, 2.75) is 25.3 Å². The van der Waals surface area contributed by atoms with Crippen LogP contribution in [0.3, 0.4) is 0 Å². The number of primary amides is 1. The number of hydrogen-bond acceptors (Lipinski definition) is 4. The van der Waals surface area contributed by atoms with E-state index in [-0.39, 0.29) is 12.5 Å². The molecule has 7 nitrogen and oxygen atoms in total. The molecule has 0 unspecified atom stereocenters. The van der Waals surface area contributed by atoms with E-state index in [2.05, 4.69) is 5.32 Å². The SMILES string of the molecule is CS(=O)(=O)N1CCC[C@@H](C(=O)N[C@@H](Cc2ccccc2)C(N)=O)C1. The molecule has 3 N–H and O–H groups in total. The zero-order chi connectivity index (χ0) is 17.7. The third kappa shape index (κ3) is 5.04. The van der Waals surface area contributed by atoms with E-state index in [0.717, 1.165) is 11.8 Å². The minimum Gasteiger partial charge on any atom is -0.368 e. The third-order valence-electron chi connectivity index (χ3n) is 4.17. The molecular formula is C16H23N3O4S. The number of nitrogens with two attached hydrogens (primary N) is 1. The van der Waals surface area contributed by atoms with Gasteiger partial charge in [0.2, 0.25) is 21.8 Å². The highest BCUT2D eigenvalue weighted by Gasteiger charge is 2.31. The van der Waals surface area contributed by atoms with Crippen molar-refractivity contribution in [2.24, 2.45) is 11.7 Å². The van der Waals surface area contributed by atoms with Crippen LogP contribution in [0, 0.1) is 5.92 Å². The predicted octanol–water partition coefficient (Wildman–Crippen LogP) is -0.129. The number of nitrogens with zero attached hydrogens (tertiary/aromatic N) is 1. The van der Waals surface area contributed by atoms with E-state index in [1.54, 1.807) is 0 Å². The second-order valence-electron chi connectivity index (χ2n) is 6.11. The standard InChI is InChI=1S/C16H23N3O4S/c1-24(22,23)19-9-5-8-13(11-19)16(21)18-14(15(17)20)10-12-6-3-2-4-7-12/h2-4,6-7,13-14H,5,8-11H2,1H3,(H2,17,20)(H,18,21)/t13-,14+/m1/s1. The molecule has 2 rings (SSSR count). The first-order chi connectivity index (χ1) is 11.3. The molecule has 0 saturated carbocycles. The van der Waals surface area contributed by atoms with Gasteiger partial charge < -0.3 is 11.1 Å². The van der Waals surface area contributed by atoms with Gasteiger partial charge in [-0.15, -0.1) is 0 Å². The number of piperidine rings is 1. The smallest absolute Gasteiger partial charge is 0.240 e. The van der Waals surface area contributed by atoms with Crippen molar-refractivity contribution in [1.82, 2.24) is 9.62 Å². The number of nitrogens with one attached hydrogen (secondary N) is 1. The molecule has 0 spiro atoms. The monoisotopic (exact) mass is 353 g/mol. The number of rotatable bonds is 6. The van der Waals surface area contributed by atoms with Crippen LogP contribution in [0.1, 0.15) is 18.4 Å². The normalized spacial score (nSPS) is 20.3. The molecule has 0 aromatic heterocycles. The van der Waals surface area contributed by atoms with E-state index < -0.39 is 27.9 Å². The number of sulfonamides is 1. The van der Waals surface area contributed by atoms with Crippen LogP contribution in [-0.4, -0.2) is 49.9 Å². The Kier molecular flexibility index (Phi) is 5.95. The van der Waals surface area contributed by atoms with Gasteiger partial charge >= 0.3 is 0 Å². The summed E-state index contributed by atoms with van der Waals surface area (Å²) in [7, 11) is -3.32. The van der Waals surface area contributed by atoms with Crippen LogP contribution < -0.4 is 11.1 Å². The molecule has 1 aliphatic rings. The maximum atomic E-state index is 12.4. The predicted molar refractivity (Wildman–Crippen MR) is 90.4 cm³/mol. The molecule has 132 valence electrons. The van der Waals surface area contributed by atoms with Gasteiger partial charge in [0.05, 0.1) is 12.2 Å². The van der Waals surface area contributed by atoms with Gasteiger partial charge in [-0.25, -0.2) is 12.7 Å². The quantitative estimate of drug-likeness (QED) is 0.742. The topological polar surface area (TPSA) is 110 Å². The van der Waals surface area contributed by atoms with Gasteiger partial charge in [0, 0.05) is 19.5 Å². The lowest BCUT2D eigenvalue weighted by Crippen LogP contribution is -2.51. The van der Waals surface area contributed by atoms with E-state index >= 15 is 0 Å². The zero-order valence-corrected chi connectivity index (χ0v) is 14.5. The molecule has 1 saturated heterocycles. The fourth-order valence-electron chi connectivity index (χ4n) is 2.82. The largest absolute Gasteiger partial charge is 0.368 e. The summed E-state index contributed by atoms with van der Waals surface area (Å²) in [5, 5.41) is 2.67. The molecule has 1 aromatic rings. The van der Waals surface area contributed by atoms with Crippen LogP contribution in [0.15, 0.2) is 30.3 Å². The van der Waals surface area contributed by atoms with Crippen molar-refractivity contribution in [1.29, 1.82) is 0 Å². The molecule has 0 aliphatic carbocycles. The van der Waals surface area contributed by atoms with Crippen LogP contribution in [0.25, 0.3) is 0 Å². The molecule has 1 fully saturated rings. The van der Waals surface area contributed by atoms with Crippen LogP contribution in [0.4, 0.5) is 0 Å². The van der Waals surface area contributed by atoms with Gasteiger partial charge in [0.15, 0.2) is 0 Å². The average molecular weight is 353 g/mol. The summed E-state index contributed by atoms with van der Waals surface area (Å²) >= 11 is 0. The molecule has 2 amide bonds. The van der Waals surface area contributed by atoms with Crippen molar-refractivity contribution >= 4 is 21.8 Å². The lowest BCUT2D eigenvalue weighted by atomic mass is 9.97. The minimum absolute atomic E-state index is 0.140. The summed E-state index contributed by atoms with van der Waals surface area (Å²) in [6, 6.07) is 8.46. The Labute approximate surface area is 142 Å². The lowest BCUT2D eigenvalue weighted by Gasteiger charge is -2.31. The van der Waals surface area contributed by atoms with E-state index in [0.29, 0.717) is 25.8 Å². The molecule has 8 heteroatoms. The third-order valence-corrected chi connectivity index (χ3v) is 5.44. The second-order valence-corrected chi connectivity index (χ2v) is 8.10. The molecular weight excluding hydrogens is 330 g/mol. The Balaban J connectivity index is 2.01. The van der Waals surface area contributed by atoms with Gasteiger partial charge in [-0.05, 0) is 18.4 Å². The maximum absolute atomic E-state index is 12.4. The number of carbonyl (C=O) groups excluding carboxylic acids is 2. The van der Waals surface area contributed by atoms with Crippen LogP contribution in [0.2, 0.25) is 0 Å². The molecule has 1 heterocycles.